The molecule has 0 amide bonds. The smallest absolute Gasteiger partial charge is 0.142 e. The van der Waals surface area contributed by atoms with Gasteiger partial charge >= 0.3 is 0 Å². The van der Waals surface area contributed by atoms with Gasteiger partial charge in [0.15, 0.2) is 0 Å². The minimum Gasteiger partial charge on any atom is -0.490 e. The molecule has 0 unspecified atom stereocenters. The Morgan fingerprint density at radius 2 is 1.75 bits per heavy atom. The molecule has 2 N–H and O–H groups in total. The second-order valence-corrected chi connectivity index (χ2v) is 4.32. The topological polar surface area (TPSA) is 53.7 Å². The molecule has 0 aromatic heterocycles. The summed E-state index contributed by atoms with van der Waals surface area (Å²) in [6.45, 7) is 1.49. The quantitative estimate of drug-likeness (QED) is 0.622. The average Bonchev–Trinajstić information content (AvgIpc) is 2.46. The molecular formula is C16H19NO3. The molecule has 4 nitrogen and oxygen atoms in total. The van der Waals surface area contributed by atoms with Crippen LogP contribution in [0, 0.1) is 0 Å². The first-order chi connectivity index (χ1) is 9.79. The second kappa shape index (κ2) is 7.40. The van der Waals surface area contributed by atoms with Crippen molar-refractivity contribution in [3.8, 4) is 11.5 Å². The zero-order chi connectivity index (χ0) is 14.2. The van der Waals surface area contributed by atoms with Gasteiger partial charge in [0.1, 0.15) is 24.7 Å². The van der Waals surface area contributed by atoms with Gasteiger partial charge in [0.25, 0.3) is 0 Å². The van der Waals surface area contributed by atoms with E-state index in [0.717, 1.165) is 11.3 Å². The molecule has 2 aromatic carbocycles. The monoisotopic (exact) mass is 273 g/mol. The molecule has 0 bridgehead atoms. The summed E-state index contributed by atoms with van der Waals surface area (Å²) < 4.78 is 16.3. The predicted octanol–water partition coefficient (Wildman–Crippen LogP) is 2.87. The van der Waals surface area contributed by atoms with Gasteiger partial charge in [-0.3, -0.25) is 0 Å². The van der Waals surface area contributed by atoms with Crippen LogP contribution in [0.4, 0.5) is 5.69 Å². The highest BCUT2D eigenvalue weighted by molar-refractivity contribution is 5.51. The molecule has 2 rings (SSSR count). The summed E-state index contributed by atoms with van der Waals surface area (Å²) >= 11 is 0. The van der Waals surface area contributed by atoms with Crippen LogP contribution in [0.25, 0.3) is 0 Å². The van der Waals surface area contributed by atoms with Crippen molar-refractivity contribution in [1.29, 1.82) is 0 Å². The van der Waals surface area contributed by atoms with Crippen LogP contribution in [-0.2, 0) is 11.3 Å². The predicted molar refractivity (Wildman–Crippen MR) is 79.0 cm³/mol. The van der Waals surface area contributed by atoms with Crippen LogP contribution in [0.1, 0.15) is 5.56 Å². The van der Waals surface area contributed by atoms with E-state index in [1.54, 1.807) is 7.11 Å². The van der Waals surface area contributed by atoms with Gasteiger partial charge in [-0.15, -0.1) is 0 Å². The van der Waals surface area contributed by atoms with E-state index in [9.17, 15) is 0 Å². The standard InChI is InChI=1S/C16H19NO3/c1-18-12-13-5-4-6-14(11-13)19-9-10-20-16-8-3-2-7-15(16)17/h2-8,11H,9-10,12,17H2,1H3. The van der Waals surface area contributed by atoms with Gasteiger partial charge in [0.2, 0.25) is 0 Å². The van der Waals surface area contributed by atoms with Gasteiger partial charge in [0.05, 0.1) is 12.3 Å². The largest absolute Gasteiger partial charge is 0.490 e. The number of nitrogens with two attached hydrogens (primary N) is 1. The lowest BCUT2D eigenvalue weighted by Crippen LogP contribution is -2.10. The lowest BCUT2D eigenvalue weighted by atomic mass is 10.2. The van der Waals surface area contributed by atoms with Crippen LogP contribution < -0.4 is 15.2 Å². The fourth-order valence-electron chi connectivity index (χ4n) is 1.81. The molecule has 0 radical (unpaired) electrons. The summed E-state index contributed by atoms with van der Waals surface area (Å²) in [6.07, 6.45) is 0. The summed E-state index contributed by atoms with van der Waals surface area (Å²) in [4.78, 5) is 0. The van der Waals surface area contributed by atoms with Crippen molar-refractivity contribution >= 4 is 5.69 Å². The summed E-state index contributed by atoms with van der Waals surface area (Å²) in [5.74, 6) is 1.49. The first-order valence-electron chi connectivity index (χ1n) is 6.47. The van der Waals surface area contributed by atoms with Crippen molar-refractivity contribution in [3.05, 3.63) is 54.1 Å². The van der Waals surface area contributed by atoms with E-state index in [4.69, 9.17) is 19.9 Å². The molecule has 0 aliphatic heterocycles. The van der Waals surface area contributed by atoms with Crippen molar-refractivity contribution < 1.29 is 14.2 Å². The maximum absolute atomic E-state index is 5.79. The molecule has 0 atom stereocenters. The number of anilines is 1. The molecule has 20 heavy (non-hydrogen) atoms. The van der Waals surface area contributed by atoms with Crippen molar-refractivity contribution in [2.75, 3.05) is 26.1 Å². The minimum absolute atomic E-state index is 0.447. The Balaban J connectivity index is 1.78. The first kappa shape index (κ1) is 14.2. The Morgan fingerprint density at radius 3 is 2.55 bits per heavy atom. The van der Waals surface area contributed by atoms with Gasteiger partial charge in [-0.1, -0.05) is 24.3 Å². The Kier molecular flexibility index (Phi) is 5.26. The van der Waals surface area contributed by atoms with Gasteiger partial charge in [-0.25, -0.2) is 0 Å². The van der Waals surface area contributed by atoms with Crippen molar-refractivity contribution in [2.45, 2.75) is 6.61 Å². The molecule has 0 aliphatic carbocycles. The van der Waals surface area contributed by atoms with Crippen molar-refractivity contribution in [2.24, 2.45) is 0 Å². The molecule has 0 heterocycles. The van der Waals surface area contributed by atoms with E-state index in [0.29, 0.717) is 31.3 Å². The molecule has 4 heteroatoms. The van der Waals surface area contributed by atoms with Crippen LogP contribution in [0.15, 0.2) is 48.5 Å². The van der Waals surface area contributed by atoms with Crippen LogP contribution in [0.5, 0.6) is 11.5 Å². The third-order valence-corrected chi connectivity index (χ3v) is 2.74. The molecule has 0 spiro atoms. The Hall–Kier alpha value is -2.20. The fourth-order valence-corrected chi connectivity index (χ4v) is 1.81. The molecule has 0 saturated heterocycles. The SMILES string of the molecule is COCc1cccc(OCCOc2ccccc2N)c1. The summed E-state index contributed by atoms with van der Waals surface area (Å²) in [5.41, 5.74) is 7.50. The number of nitrogen functional groups attached to an aromatic ring is 1. The number of methoxy groups -OCH3 is 1. The number of rotatable bonds is 7. The van der Waals surface area contributed by atoms with Crippen LogP contribution in [0.2, 0.25) is 0 Å². The summed E-state index contributed by atoms with van der Waals surface area (Å²) in [6, 6.07) is 15.2. The summed E-state index contributed by atoms with van der Waals surface area (Å²) in [7, 11) is 1.67. The zero-order valence-corrected chi connectivity index (χ0v) is 11.5. The third kappa shape index (κ3) is 4.17. The van der Waals surface area contributed by atoms with Crippen LogP contribution >= 0.6 is 0 Å². The van der Waals surface area contributed by atoms with Crippen LogP contribution in [-0.4, -0.2) is 20.3 Å². The molecular weight excluding hydrogens is 254 g/mol. The third-order valence-electron chi connectivity index (χ3n) is 2.74. The maximum atomic E-state index is 5.79. The van der Waals surface area contributed by atoms with Crippen molar-refractivity contribution in [1.82, 2.24) is 0 Å². The van der Waals surface area contributed by atoms with Gasteiger partial charge in [-0.2, -0.15) is 0 Å². The highest BCUT2D eigenvalue weighted by Gasteiger charge is 2.00. The highest BCUT2D eigenvalue weighted by Crippen LogP contribution is 2.19. The Bertz CT molecular complexity index is 543. The molecule has 2 aromatic rings. The van der Waals surface area contributed by atoms with E-state index in [2.05, 4.69) is 0 Å². The number of hydrogen-bond acceptors (Lipinski definition) is 4. The normalized spacial score (nSPS) is 10.2. The van der Waals surface area contributed by atoms with E-state index >= 15 is 0 Å². The average molecular weight is 273 g/mol. The van der Waals surface area contributed by atoms with Crippen molar-refractivity contribution in [3.63, 3.8) is 0 Å². The van der Waals surface area contributed by atoms with Gasteiger partial charge in [-0.05, 0) is 29.8 Å². The van der Waals surface area contributed by atoms with E-state index in [1.807, 2.05) is 48.5 Å². The van der Waals surface area contributed by atoms with Gasteiger partial charge < -0.3 is 19.9 Å². The van der Waals surface area contributed by atoms with Crippen LogP contribution in [0.3, 0.4) is 0 Å². The highest BCUT2D eigenvalue weighted by atomic mass is 16.5. The molecule has 0 fully saturated rings. The van der Waals surface area contributed by atoms with Gasteiger partial charge in [0, 0.05) is 7.11 Å². The molecule has 0 saturated carbocycles. The number of ether oxygens (including phenoxy) is 3. The van der Waals surface area contributed by atoms with E-state index in [1.165, 1.54) is 0 Å². The lowest BCUT2D eigenvalue weighted by molar-refractivity contribution is 0.184. The number of benzene rings is 2. The zero-order valence-electron chi connectivity index (χ0n) is 11.5. The second-order valence-electron chi connectivity index (χ2n) is 4.32. The number of para-hydroxylation sites is 2. The first-order valence-corrected chi connectivity index (χ1v) is 6.47. The fraction of sp³-hybridized carbons (Fsp3) is 0.250. The van der Waals surface area contributed by atoms with E-state index < -0.39 is 0 Å². The minimum atomic E-state index is 0.447. The molecule has 0 aliphatic rings. The lowest BCUT2D eigenvalue weighted by Gasteiger charge is -2.10. The van der Waals surface area contributed by atoms with E-state index in [-0.39, 0.29) is 0 Å². The maximum Gasteiger partial charge on any atom is 0.142 e. The number of hydrogen-bond donors (Lipinski definition) is 1. The molecule has 106 valence electrons. The summed E-state index contributed by atoms with van der Waals surface area (Å²) in [5, 5.41) is 0. The Labute approximate surface area is 119 Å². The Morgan fingerprint density at radius 1 is 0.950 bits per heavy atom.